The summed E-state index contributed by atoms with van der Waals surface area (Å²) in [6.07, 6.45) is 32.4. The molecule has 0 radical (unpaired) electrons. The summed E-state index contributed by atoms with van der Waals surface area (Å²) in [7, 11) is 0. The zero-order valence-electron chi connectivity index (χ0n) is 53.5. The molecule has 19 nitrogen and oxygen atoms in total. The summed E-state index contributed by atoms with van der Waals surface area (Å²) in [6, 6.07) is -0.984. The van der Waals surface area contributed by atoms with Crippen LogP contribution in [0.15, 0.2) is 48.6 Å². The van der Waals surface area contributed by atoms with Gasteiger partial charge in [0.25, 0.3) is 0 Å². The summed E-state index contributed by atoms with van der Waals surface area (Å²) in [5.41, 5.74) is 0. The van der Waals surface area contributed by atoms with E-state index in [0.717, 1.165) is 77.0 Å². The summed E-state index contributed by atoms with van der Waals surface area (Å²) in [4.78, 5) is 13.4. The van der Waals surface area contributed by atoms with E-state index in [0.29, 0.717) is 6.42 Å². The molecular weight excluding hydrogens is 1120 g/mol. The fourth-order valence-corrected chi connectivity index (χ4v) is 11.6. The van der Waals surface area contributed by atoms with Crippen LogP contribution in [0.4, 0.5) is 0 Å². The second-order valence-electron chi connectivity index (χ2n) is 24.6. The number of unbranched alkanes of at least 4 members (excludes halogenated alkanes) is 30. The number of carbonyl (C=O) groups is 1. The number of hydrogen-bond acceptors (Lipinski definition) is 18. The molecule has 12 N–H and O–H groups in total. The Kier molecular flexibility index (Phi) is 45.7. The zero-order chi connectivity index (χ0) is 63.3. The molecule has 3 rings (SSSR count). The maximum atomic E-state index is 13.4. The van der Waals surface area contributed by atoms with Gasteiger partial charge in [0.1, 0.15) is 73.2 Å². The molecule has 3 fully saturated rings. The molecule has 17 unspecified atom stereocenters. The number of aliphatic hydroxyl groups is 11. The molecule has 19 heteroatoms. The molecule has 508 valence electrons. The molecule has 3 aliphatic rings. The molecule has 0 aromatic carbocycles. The molecular formula is C68H123NO18. The lowest BCUT2D eigenvalue weighted by atomic mass is 9.96. The molecule has 0 saturated carbocycles. The molecule has 0 aromatic heterocycles. The minimum atomic E-state index is -1.98. The minimum Gasteiger partial charge on any atom is -0.394 e. The van der Waals surface area contributed by atoms with Gasteiger partial charge in [-0.25, -0.2) is 0 Å². The normalized spacial score (nSPS) is 28.9. The van der Waals surface area contributed by atoms with Gasteiger partial charge in [-0.3, -0.25) is 4.79 Å². The smallest absolute Gasteiger partial charge is 0.220 e. The maximum Gasteiger partial charge on any atom is 0.220 e. The standard InChI is InChI=1S/C68H123NO18/c1-3-5-7-9-11-13-15-17-19-20-21-22-23-24-25-26-27-28-29-30-32-33-35-37-39-41-43-45-52(73)51(69-56(74)46-44-42-40-38-36-34-31-18-16-14-12-10-8-6-4-2)50-82-66-62(80)59(77)64(54(48-71)84-66)87-68-63(81)60(78)65(55(49-72)85-68)86-67-61(79)58(76)57(75)53(47-70)83-67/h6,8,12,14,18,31,43,45,51-55,57-68,70-73,75-81H,3-5,7,9-11,13,15-17,19-30,32-42,44,46-50H2,1-2H3,(H,69,74)/b8-6-,14-12-,31-18-,45-43+. The Bertz CT molecular complexity index is 1770. The Labute approximate surface area is 523 Å². The highest BCUT2D eigenvalue weighted by Crippen LogP contribution is 2.33. The van der Waals surface area contributed by atoms with Crippen molar-refractivity contribution < 1.29 is 89.4 Å². The zero-order valence-corrected chi connectivity index (χ0v) is 53.5. The van der Waals surface area contributed by atoms with Crippen LogP contribution in [-0.4, -0.2) is 193 Å². The highest BCUT2D eigenvalue weighted by Gasteiger charge is 2.53. The van der Waals surface area contributed by atoms with Crippen molar-refractivity contribution in [1.29, 1.82) is 0 Å². The van der Waals surface area contributed by atoms with E-state index in [1.165, 1.54) is 141 Å². The van der Waals surface area contributed by atoms with Gasteiger partial charge in [0.2, 0.25) is 5.91 Å². The van der Waals surface area contributed by atoms with Crippen molar-refractivity contribution in [2.24, 2.45) is 0 Å². The SMILES string of the molecule is CC/C=C\C/C=C\C/C=C\CCCCCCCC(=O)NC(COC1OC(CO)C(OC2OC(CO)C(OC3OC(CO)C(O)C(O)C3O)C(O)C2O)C(O)C1O)C(O)/C=C/CCCCCCCCCCCCCCCCCCCCCCCCCCC. The van der Waals surface area contributed by atoms with Gasteiger partial charge in [0.05, 0.1) is 38.6 Å². The second-order valence-corrected chi connectivity index (χ2v) is 24.6. The Hall–Kier alpha value is -2.25. The number of aliphatic hydroxyl groups excluding tert-OH is 11. The third-order valence-electron chi connectivity index (χ3n) is 17.1. The van der Waals surface area contributed by atoms with Crippen molar-refractivity contribution in [3.8, 4) is 0 Å². The number of amides is 1. The molecule has 87 heavy (non-hydrogen) atoms. The van der Waals surface area contributed by atoms with Crippen molar-refractivity contribution in [2.45, 2.75) is 349 Å². The molecule has 1 amide bonds. The molecule has 3 aliphatic heterocycles. The van der Waals surface area contributed by atoms with E-state index in [9.17, 15) is 61.0 Å². The Morgan fingerprint density at radius 2 is 0.793 bits per heavy atom. The van der Waals surface area contributed by atoms with Gasteiger partial charge in [0, 0.05) is 6.42 Å². The number of allylic oxidation sites excluding steroid dienone is 7. The van der Waals surface area contributed by atoms with Gasteiger partial charge in [-0.2, -0.15) is 0 Å². The highest BCUT2D eigenvalue weighted by molar-refractivity contribution is 5.76. The van der Waals surface area contributed by atoms with Crippen molar-refractivity contribution in [3.63, 3.8) is 0 Å². The van der Waals surface area contributed by atoms with Gasteiger partial charge in [-0.15, -0.1) is 0 Å². The van der Waals surface area contributed by atoms with E-state index in [1.807, 2.05) is 6.08 Å². The number of carbonyl (C=O) groups excluding carboxylic acids is 1. The number of rotatable bonds is 52. The van der Waals surface area contributed by atoms with Crippen LogP contribution in [0, 0.1) is 0 Å². The van der Waals surface area contributed by atoms with E-state index in [1.54, 1.807) is 6.08 Å². The first-order valence-corrected chi connectivity index (χ1v) is 34.4. The number of hydrogen-bond donors (Lipinski definition) is 12. The maximum absolute atomic E-state index is 13.4. The van der Waals surface area contributed by atoms with Crippen LogP contribution in [0.2, 0.25) is 0 Å². The predicted octanol–water partition coefficient (Wildman–Crippen LogP) is 8.61. The van der Waals surface area contributed by atoms with Gasteiger partial charge in [0.15, 0.2) is 18.9 Å². The average molecular weight is 1240 g/mol. The number of ether oxygens (including phenoxy) is 6. The molecule has 3 saturated heterocycles. The van der Waals surface area contributed by atoms with Crippen LogP contribution in [0.1, 0.15) is 245 Å². The largest absolute Gasteiger partial charge is 0.394 e. The van der Waals surface area contributed by atoms with E-state index < -0.39 is 124 Å². The summed E-state index contributed by atoms with van der Waals surface area (Å²) >= 11 is 0. The second kappa shape index (κ2) is 50.3. The lowest BCUT2D eigenvalue weighted by Crippen LogP contribution is -2.66. The topological polar surface area (TPSA) is 307 Å². The van der Waals surface area contributed by atoms with Crippen LogP contribution in [-0.2, 0) is 33.2 Å². The first kappa shape index (κ1) is 79.0. The summed E-state index contributed by atoms with van der Waals surface area (Å²) < 4.78 is 34.3. The van der Waals surface area contributed by atoms with Crippen LogP contribution >= 0.6 is 0 Å². The first-order valence-electron chi connectivity index (χ1n) is 34.4. The van der Waals surface area contributed by atoms with E-state index in [4.69, 9.17) is 28.4 Å². The van der Waals surface area contributed by atoms with E-state index in [-0.39, 0.29) is 18.9 Å². The monoisotopic (exact) mass is 1240 g/mol. The van der Waals surface area contributed by atoms with Gasteiger partial charge in [-0.05, 0) is 51.4 Å². The Morgan fingerprint density at radius 3 is 1.24 bits per heavy atom. The molecule has 0 aliphatic carbocycles. The molecule has 3 heterocycles. The van der Waals surface area contributed by atoms with Crippen LogP contribution in [0.5, 0.6) is 0 Å². The lowest BCUT2D eigenvalue weighted by molar-refractivity contribution is -0.379. The third kappa shape index (κ3) is 32.7. The molecule has 0 aromatic rings. The molecule has 0 bridgehead atoms. The van der Waals surface area contributed by atoms with E-state index >= 15 is 0 Å². The molecule has 0 spiro atoms. The molecule has 17 atom stereocenters. The van der Waals surface area contributed by atoms with Crippen molar-refractivity contribution in [2.75, 3.05) is 26.4 Å². The van der Waals surface area contributed by atoms with Crippen LogP contribution < -0.4 is 5.32 Å². The van der Waals surface area contributed by atoms with Gasteiger partial charge >= 0.3 is 0 Å². The summed E-state index contributed by atoms with van der Waals surface area (Å²) in [5, 5.41) is 120. The Balaban J connectivity index is 1.43. The fourth-order valence-electron chi connectivity index (χ4n) is 11.6. The predicted molar refractivity (Wildman–Crippen MR) is 337 cm³/mol. The van der Waals surface area contributed by atoms with E-state index in [2.05, 4.69) is 55.6 Å². The van der Waals surface area contributed by atoms with Crippen molar-refractivity contribution in [3.05, 3.63) is 48.6 Å². The van der Waals surface area contributed by atoms with Crippen LogP contribution in [0.25, 0.3) is 0 Å². The average Bonchev–Trinajstić information content (AvgIpc) is 2.90. The van der Waals surface area contributed by atoms with Crippen molar-refractivity contribution in [1.82, 2.24) is 5.32 Å². The Morgan fingerprint density at radius 1 is 0.425 bits per heavy atom. The van der Waals surface area contributed by atoms with Gasteiger partial charge < -0.3 is 89.9 Å². The number of nitrogens with one attached hydrogen (secondary N) is 1. The third-order valence-corrected chi connectivity index (χ3v) is 17.1. The van der Waals surface area contributed by atoms with Crippen LogP contribution in [0.3, 0.4) is 0 Å². The quantitative estimate of drug-likeness (QED) is 0.0200. The fraction of sp³-hybridized carbons (Fsp3) is 0.868. The summed E-state index contributed by atoms with van der Waals surface area (Å²) in [5.74, 6) is -0.292. The highest BCUT2D eigenvalue weighted by atomic mass is 16.8. The van der Waals surface area contributed by atoms with Gasteiger partial charge in [-0.1, -0.05) is 236 Å². The lowest BCUT2D eigenvalue weighted by Gasteiger charge is -2.48. The first-order chi connectivity index (χ1) is 42.3. The van der Waals surface area contributed by atoms with Crippen molar-refractivity contribution >= 4 is 5.91 Å². The summed E-state index contributed by atoms with van der Waals surface area (Å²) in [6.45, 7) is 1.62. The minimum absolute atomic E-state index is 0.223.